The van der Waals surface area contributed by atoms with Crippen LogP contribution in [0.4, 0.5) is 5.69 Å². The minimum Gasteiger partial charge on any atom is -0.343 e. The molecule has 28 heavy (non-hydrogen) atoms. The molecule has 1 fully saturated rings. The number of carbonyl (C=O) groups is 1. The van der Waals surface area contributed by atoms with E-state index in [1.54, 1.807) is 30.5 Å². The van der Waals surface area contributed by atoms with E-state index in [1.807, 2.05) is 14.0 Å². The lowest BCUT2D eigenvalue weighted by Gasteiger charge is -2.21. The van der Waals surface area contributed by atoms with Crippen LogP contribution in [0.15, 0.2) is 29.3 Å². The summed E-state index contributed by atoms with van der Waals surface area (Å²) < 4.78 is 28.4. The molecule has 2 aliphatic heterocycles. The highest BCUT2D eigenvalue weighted by atomic mass is 32.2. The lowest BCUT2D eigenvalue weighted by Crippen LogP contribution is -2.34. The summed E-state index contributed by atoms with van der Waals surface area (Å²) in [5, 5.41) is 2.78. The van der Waals surface area contributed by atoms with Gasteiger partial charge in [0.2, 0.25) is 10.0 Å². The van der Waals surface area contributed by atoms with Crippen LogP contribution in [-0.2, 0) is 14.8 Å². The van der Waals surface area contributed by atoms with Gasteiger partial charge in [-0.3, -0.25) is 4.79 Å². The molecular weight excluding hydrogens is 378 g/mol. The highest BCUT2D eigenvalue weighted by Gasteiger charge is 2.35. The summed E-state index contributed by atoms with van der Waals surface area (Å²) in [6.07, 6.45) is 4.05. The molecule has 2 aliphatic rings. The standard InChI is InChI=1S/C19H23N5O3S/c1-13-20-12-14(21-13)11-15-18-16(22-19(15)25)5-3-6-17(18)28(26,27)24-8-4-7-23(2)9-10-24/h3,5-6,11-12H,4,7-10H2,1-2H3,(H,20,21)(H,22,25)/b15-11-. The second kappa shape index (κ2) is 7.16. The Balaban J connectivity index is 1.79. The molecule has 1 aromatic heterocycles. The van der Waals surface area contributed by atoms with E-state index in [0.29, 0.717) is 42.2 Å². The first-order chi connectivity index (χ1) is 13.4. The Labute approximate surface area is 164 Å². The number of aromatic amines is 1. The van der Waals surface area contributed by atoms with E-state index in [0.717, 1.165) is 18.8 Å². The molecule has 8 nitrogen and oxygen atoms in total. The van der Waals surface area contributed by atoms with Gasteiger partial charge < -0.3 is 15.2 Å². The molecule has 148 valence electrons. The van der Waals surface area contributed by atoms with Crippen molar-refractivity contribution in [2.24, 2.45) is 0 Å². The number of carbonyl (C=O) groups excluding carboxylic acids is 1. The Morgan fingerprint density at radius 2 is 2.00 bits per heavy atom. The predicted molar refractivity (Wildman–Crippen MR) is 107 cm³/mol. The molecule has 1 aromatic carbocycles. The number of hydrogen-bond acceptors (Lipinski definition) is 5. The van der Waals surface area contributed by atoms with Crippen molar-refractivity contribution in [3.8, 4) is 0 Å². The van der Waals surface area contributed by atoms with Crippen molar-refractivity contribution in [1.29, 1.82) is 0 Å². The molecule has 0 spiro atoms. The van der Waals surface area contributed by atoms with Crippen molar-refractivity contribution in [1.82, 2.24) is 19.2 Å². The number of nitrogens with zero attached hydrogens (tertiary/aromatic N) is 3. The van der Waals surface area contributed by atoms with E-state index in [4.69, 9.17) is 0 Å². The molecule has 0 atom stereocenters. The lowest BCUT2D eigenvalue weighted by molar-refractivity contribution is -0.110. The van der Waals surface area contributed by atoms with Crippen molar-refractivity contribution in [2.45, 2.75) is 18.2 Å². The van der Waals surface area contributed by atoms with Crippen LogP contribution >= 0.6 is 0 Å². The van der Waals surface area contributed by atoms with E-state index >= 15 is 0 Å². The van der Waals surface area contributed by atoms with Crippen LogP contribution in [0, 0.1) is 6.92 Å². The van der Waals surface area contributed by atoms with Gasteiger partial charge in [-0.25, -0.2) is 13.4 Å². The Morgan fingerprint density at radius 1 is 1.18 bits per heavy atom. The van der Waals surface area contributed by atoms with Gasteiger partial charge in [0, 0.05) is 25.2 Å². The number of amides is 1. The zero-order valence-electron chi connectivity index (χ0n) is 15.9. The highest BCUT2D eigenvalue weighted by Crippen LogP contribution is 2.38. The van der Waals surface area contributed by atoms with E-state index in [-0.39, 0.29) is 10.8 Å². The first kappa shape index (κ1) is 18.9. The molecule has 2 aromatic rings. The number of aromatic nitrogens is 2. The molecule has 0 bridgehead atoms. The van der Waals surface area contributed by atoms with Gasteiger partial charge in [0.05, 0.1) is 28.0 Å². The van der Waals surface area contributed by atoms with Gasteiger partial charge in [-0.2, -0.15) is 4.31 Å². The van der Waals surface area contributed by atoms with Gasteiger partial charge in [0.1, 0.15) is 5.82 Å². The van der Waals surface area contributed by atoms with Crippen molar-refractivity contribution >= 4 is 33.3 Å². The van der Waals surface area contributed by atoms with Gasteiger partial charge in [-0.15, -0.1) is 0 Å². The molecule has 0 aliphatic carbocycles. The SMILES string of the molecule is Cc1ncc(/C=C2\C(=O)Nc3cccc(S(=O)(=O)N4CCCN(C)CC4)c32)[nH]1. The monoisotopic (exact) mass is 401 g/mol. The van der Waals surface area contributed by atoms with Crippen LogP contribution in [-0.4, -0.2) is 66.7 Å². The number of nitrogens with one attached hydrogen (secondary N) is 2. The predicted octanol–water partition coefficient (Wildman–Crippen LogP) is 1.54. The fourth-order valence-electron chi connectivity index (χ4n) is 3.64. The fourth-order valence-corrected chi connectivity index (χ4v) is 5.34. The van der Waals surface area contributed by atoms with Crippen molar-refractivity contribution in [3.63, 3.8) is 0 Å². The Hall–Kier alpha value is -2.49. The van der Waals surface area contributed by atoms with Gasteiger partial charge in [-0.05, 0) is 45.1 Å². The molecule has 2 N–H and O–H groups in total. The number of fused-ring (bicyclic) bond motifs is 1. The Morgan fingerprint density at radius 3 is 2.75 bits per heavy atom. The number of H-pyrrole nitrogens is 1. The number of rotatable bonds is 3. The number of hydrogen-bond donors (Lipinski definition) is 2. The van der Waals surface area contributed by atoms with Crippen LogP contribution in [0.1, 0.15) is 23.5 Å². The van der Waals surface area contributed by atoms with Crippen LogP contribution < -0.4 is 5.32 Å². The van der Waals surface area contributed by atoms with Gasteiger partial charge >= 0.3 is 0 Å². The average Bonchev–Trinajstić information content (AvgIpc) is 3.11. The third-order valence-electron chi connectivity index (χ3n) is 5.11. The quantitative estimate of drug-likeness (QED) is 0.760. The average molecular weight is 401 g/mol. The third-order valence-corrected chi connectivity index (χ3v) is 7.05. The zero-order chi connectivity index (χ0) is 19.9. The number of imidazole rings is 1. The normalized spacial score (nSPS) is 20.2. The van der Waals surface area contributed by atoms with E-state index in [1.165, 1.54) is 4.31 Å². The number of benzene rings is 1. The number of aryl methyl sites for hydroxylation is 1. The first-order valence-electron chi connectivity index (χ1n) is 9.23. The van der Waals surface area contributed by atoms with E-state index in [2.05, 4.69) is 20.2 Å². The summed E-state index contributed by atoms with van der Waals surface area (Å²) in [5.74, 6) is 0.403. The summed E-state index contributed by atoms with van der Waals surface area (Å²) in [6, 6.07) is 4.97. The summed E-state index contributed by atoms with van der Waals surface area (Å²) in [4.78, 5) is 22.1. The van der Waals surface area contributed by atoms with E-state index < -0.39 is 10.0 Å². The minimum atomic E-state index is -3.73. The maximum Gasteiger partial charge on any atom is 0.256 e. The number of anilines is 1. The summed E-state index contributed by atoms with van der Waals surface area (Å²) >= 11 is 0. The molecule has 0 saturated carbocycles. The second-order valence-corrected chi connectivity index (χ2v) is 9.08. The maximum atomic E-state index is 13.4. The molecule has 3 heterocycles. The smallest absolute Gasteiger partial charge is 0.256 e. The second-order valence-electron chi connectivity index (χ2n) is 7.18. The Kier molecular flexibility index (Phi) is 4.82. The van der Waals surface area contributed by atoms with E-state index in [9.17, 15) is 13.2 Å². The summed E-state index contributed by atoms with van der Waals surface area (Å²) in [6.45, 7) is 4.26. The maximum absolute atomic E-state index is 13.4. The molecule has 4 rings (SSSR count). The third kappa shape index (κ3) is 3.36. The van der Waals surface area contributed by atoms with Gasteiger partial charge in [-0.1, -0.05) is 6.07 Å². The van der Waals surface area contributed by atoms with Crippen LogP contribution in [0.3, 0.4) is 0 Å². The molecule has 9 heteroatoms. The number of sulfonamides is 1. The van der Waals surface area contributed by atoms with Gasteiger partial charge in [0.25, 0.3) is 5.91 Å². The molecular formula is C19H23N5O3S. The lowest BCUT2D eigenvalue weighted by atomic mass is 10.1. The summed E-state index contributed by atoms with van der Waals surface area (Å²) in [7, 11) is -1.74. The molecule has 0 unspecified atom stereocenters. The van der Waals surface area contributed by atoms with Gasteiger partial charge in [0.15, 0.2) is 0 Å². The van der Waals surface area contributed by atoms with Crippen molar-refractivity contribution < 1.29 is 13.2 Å². The van der Waals surface area contributed by atoms with Crippen molar-refractivity contribution in [2.75, 3.05) is 38.5 Å². The molecule has 1 saturated heterocycles. The van der Waals surface area contributed by atoms with Crippen LogP contribution in [0.5, 0.6) is 0 Å². The largest absolute Gasteiger partial charge is 0.343 e. The highest BCUT2D eigenvalue weighted by molar-refractivity contribution is 7.89. The minimum absolute atomic E-state index is 0.162. The first-order valence-corrected chi connectivity index (χ1v) is 10.7. The number of likely N-dealkylation sites (N-methyl/N-ethyl adjacent to an activating group) is 1. The molecule has 0 radical (unpaired) electrons. The van der Waals surface area contributed by atoms with Crippen LogP contribution in [0.2, 0.25) is 0 Å². The molecule has 1 amide bonds. The van der Waals surface area contributed by atoms with Crippen LogP contribution in [0.25, 0.3) is 11.6 Å². The zero-order valence-corrected chi connectivity index (χ0v) is 16.7. The topological polar surface area (TPSA) is 98.4 Å². The summed E-state index contributed by atoms with van der Waals surface area (Å²) in [5.41, 5.74) is 1.92. The Bertz CT molecular complexity index is 1060. The fraction of sp³-hybridized carbons (Fsp3) is 0.368. The van der Waals surface area contributed by atoms with Crippen molar-refractivity contribution in [3.05, 3.63) is 41.5 Å².